The number of fused-ring (bicyclic) bond motifs is 1. The molecular formula is C24H28Cl3N3O6S. The van der Waals surface area contributed by atoms with Crippen molar-refractivity contribution in [3.63, 3.8) is 0 Å². The lowest BCUT2D eigenvalue weighted by atomic mass is 10.0. The molecule has 3 atom stereocenters. The molecule has 2 N–H and O–H groups in total. The van der Waals surface area contributed by atoms with Gasteiger partial charge in [0.1, 0.15) is 35.4 Å². The standard InChI is InChI=1S/C24H28Cl3N3O6S/c1-5-23(3,4)36-22(34)29-15(14-9-7-6-8-10-14)18(31)28-16-19(32)30-17(13(2)11-37-20(16)30)21(33)35-12-24(25,26)27/h6-10,15-16,20H,5,11-12H2,1-4H3,(H,28,31)(H,29,34)/t15?,16?,20-/m1/s1. The van der Waals surface area contributed by atoms with E-state index in [1.165, 1.54) is 16.7 Å². The molecule has 37 heavy (non-hydrogen) atoms. The van der Waals surface area contributed by atoms with Gasteiger partial charge in [0.25, 0.3) is 5.91 Å². The SMILES string of the molecule is CCC(C)(C)OC(=O)NC(C(=O)NC1C(=O)N2C(C(=O)OCC(Cl)(Cl)Cl)=C(C)CS[C@H]12)c1ccccc1. The summed E-state index contributed by atoms with van der Waals surface area (Å²) in [6.07, 6.45) is -0.185. The Morgan fingerprint density at radius 1 is 1.19 bits per heavy atom. The van der Waals surface area contributed by atoms with E-state index in [2.05, 4.69) is 10.6 Å². The number of alkyl carbamates (subject to hydrolysis) is 1. The van der Waals surface area contributed by atoms with Gasteiger partial charge in [-0.05, 0) is 38.3 Å². The number of hydrogen-bond donors (Lipinski definition) is 2. The molecule has 1 fully saturated rings. The van der Waals surface area contributed by atoms with Gasteiger partial charge >= 0.3 is 12.1 Å². The van der Waals surface area contributed by atoms with E-state index < -0.39 is 57.3 Å². The number of carbonyl (C=O) groups excluding carboxylic acids is 4. The first-order chi connectivity index (χ1) is 17.2. The van der Waals surface area contributed by atoms with Crippen molar-refractivity contribution in [1.29, 1.82) is 0 Å². The normalized spacial score (nSPS) is 20.4. The summed E-state index contributed by atoms with van der Waals surface area (Å²) in [6, 6.07) is 6.58. The van der Waals surface area contributed by atoms with Crippen LogP contribution >= 0.6 is 46.6 Å². The maximum absolute atomic E-state index is 13.3. The zero-order valence-electron chi connectivity index (χ0n) is 20.7. The molecule has 0 aliphatic carbocycles. The summed E-state index contributed by atoms with van der Waals surface area (Å²) in [5.41, 5.74) is 0.476. The molecule has 2 heterocycles. The predicted octanol–water partition coefficient (Wildman–Crippen LogP) is 4.23. The van der Waals surface area contributed by atoms with Gasteiger partial charge in [-0.25, -0.2) is 9.59 Å². The third-order valence-electron chi connectivity index (χ3n) is 5.89. The number of β-lactam (4-membered cyclic amide) rings is 1. The van der Waals surface area contributed by atoms with E-state index in [0.717, 1.165) is 0 Å². The fourth-order valence-electron chi connectivity index (χ4n) is 3.63. The van der Waals surface area contributed by atoms with E-state index >= 15 is 0 Å². The lowest BCUT2D eigenvalue weighted by Crippen LogP contribution is -2.71. The molecule has 0 radical (unpaired) electrons. The highest BCUT2D eigenvalue weighted by molar-refractivity contribution is 8.00. The highest BCUT2D eigenvalue weighted by Crippen LogP contribution is 2.41. The molecule has 3 amide bonds. The second-order valence-corrected chi connectivity index (χ2v) is 12.8. The number of halogens is 3. The largest absolute Gasteiger partial charge is 0.456 e. The molecule has 2 aliphatic rings. The first-order valence-electron chi connectivity index (χ1n) is 11.5. The van der Waals surface area contributed by atoms with E-state index in [1.807, 2.05) is 6.92 Å². The first kappa shape index (κ1) is 29.4. The second kappa shape index (κ2) is 11.7. The van der Waals surface area contributed by atoms with E-state index in [4.69, 9.17) is 44.3 Å². The van der Waals surface area contributed by atoms with Gasteiger partial charge in [0, 0.05) is 5.75 Å². The van der Waals surface area contributed by atoms with Gasteiger partial charge in [-0.1, -0.05) is 72.1 Å². The molecule has 9 nitrogen and oxygen atoms in total. The lowest BCUT2D eigenvalue weighted by molar-refractivity contribution is -0.153. The Morgan fingerprint density at radius 2 is 1.84 bits per heavy atom. The first-order valence-corrected chi connectivity index (χ1v) is 13.7. The number of alkyl halides is 3. The molecule has 0 aromatic heterocycles. The van der Waals surface area contributed by atoms with Gasteiger partial charge in [-0.2, -0.15) is 0 Å². The molecule has 2 unspecified atom stereocenters. The third kappa shape index (κ3) is 7.25. The van der Waals surface area contributed by atoms with Crippen LogP contribution in [0.3, 0.4) is 0 Å². The maximum atomic E-state index is 13.3. The number of thioether (sulfide) groups is 1. The van der Waals surface area contributed by atoms with E-state index in [1.54, 1.807) is 51.1 Å². The number of nitrogens with zero attached hydrogens (tertiary/aromatic N) is 1. The maximum Gasteiger partial charge on any atom is 0.408 e. The molecule has 3 rings (SSSR count). The van der Waals surface area contributed by atoms with Crippen LogP contribution in [-0.2, 0) is 23.9 Å². The number of rotatable bonds is 8. The summed E-state index contributed by atoms with van der Waals surface area (Å²) in [5, 5.41) is 4.78. The number of hydrogen-bond acceptors (Lipinski definition) is 7. The van der Waals surface area contributed by atoms with Crippen molar-refractivity contribution in [2.75, 3.05) is 12.4 Å². The van der Waals surface area contributed by atoms with Crippen LogP contribution in [-0.4, -0.2) is 61.9 Å². The Morgan fingerprint density at radius 3 is 2.43 bits per heavy atom. The molecule has 2 aliphatic heterocycles. The van der Waals surface area contributed by atoms with E-state index in [9.17, 15) is 19.2 Å². The molecule has 1 saturated heterocycles. The summed E-state index contributed by atoms with van der Waals surface area (Å²) in [5.74, 6) is -1.45. The summed E-state index contributed by atoms with van der Waals surface area (Å²) in [7, 11) is 0. The van der Waals surface area contributed by atoms with Crippen LogP contribution < -0.4 is 10.6 Å². The Hall–Kier alpha value is -2.14. The van der Waals surface area contributed by atoms with Crippen LogP contribution in [0.5, 0.6) is 0 Å². The van der Waals surface area contributed by atoms with Crippen LogP contribution in [0.2, 0.25) is 0 Å². The summed E-state index contributed by atoms with van der Waals surface area (Å²) < 4.78 is 8.73. The number of ether oxygens (including phenoxy) is 2. The zero-order chi connectivity index (χ0) is 27.5. The minimum Gasteiger partial charge on any atom is -0.456 e. The number of carbonyl (C=O) groups is 4. The fraction of sp³-hybridized carbons (Fsp3) is 0.500. The van der Waals surface area contributed by atoms with Gasteiger partial charge in [-0.3, -0.25) is 14.5 Å². The molecule has 1 aromatic rings. The van der Waals surface area contributed by atoms with Crippen molar-refractivity contribution in [3.05, 3.63) is 47.2 Å². The zero-order valence-corrected chi connectivity index (χ0v) is 23.8. The van der Waals surface area contributed by atoms with E-state index in [-0.39, 0.29) is 5.70 Å². The number of amides is 3. The molecular weight excluding hydrogens is 565 g/mol. The van der Waals surface area contributed by atoms with Crippen molar-refractivity contribution < 1.29 is 28.7 Å². The quantitative estimate of drug-likeness (QED) is 0.264. The van der Waals surface area contributed by atoms with Crippen molar-refractivity contribution >= 4 is 70.4 Å². The fourth-order valence-corrected chi connectivity index (χ4v) is 5.09. The molecule has 0 saturated carbocycles. The van der Waals surface area contributed by atoms with Gasteiger partial charge in [-0.15, -0.1) is 11.8 Å². The average molecular weight is 593 g/mol. The van der Waals surface area contributed by atoms with E-state index in [0.29, 0.717) is 23.3 Å². The lowest BCUT2D eigenvalue weighted by Gasteiger charge is -2.49. The minimum atomic E-state index is -1.80. The highest BCUT2D eigenvalue weighted by atomic mass is 35.6. The summed E-state index contributed by atoms with van der Waals surface area (Å²) in [6.45, 7) is 6.62. The minimum absolute atomic E-state index is 0.0663. The number of esters is 1. The van der Waals surface area contributed by atoms with Crippen LogP contribution in [0.15, 0.2) is 41.6 Å². The highest BCUT2D eigenvalue weighted by Gasteiger charge is 2.54. The molecule has 13 heteroatoms. The van der Waals surface area contributed by atoms with Crippen LogP contribution in [0.1, 0.15) is 45.7 Å². The Labute approximate surface area is 234 Å². The summed E-state index contributed by atoms with van der Waals surface area (Å²) in [4.78, 5) is 52.9. The number of nitrogens with one attached hydrogen (secondary N) is 2. The second-order valence-electron chi connectivity index (χ2n) is 9.21. The van der Waals surface area contributed by atoms with Crippen molar-refractivity contribution in [3.8, 4) is 0 Å². The topological polar surface area (TPSA) is 114 Å². The van der Waals surface area contributed by atoms with Crippen molar-refractivity contribution in [2.24, 2.45) is 0 Å². The molecule has 202 valence electrons. The smallest absolute Gasteiger partial charge is 0.408 e. The summed E-state index contributed by atoms with van der Waals surface area (Å²) >= 11 is 18.4. The predicted molar refractivity (Wildman–Crippen MR) is 142 cm³/mol. The van der Waals surface area contributed by atoms with Crippen molar-refractivity contribution in [1.82, 2.24) is 15.5 Å². The molecule has 0 spiro atoms. The van der Waals surface area contributed by atoms with Gasteiger partial charge in [0.2, 0.25) is 9.70 Å². The van der Waals surface area contributed by atoms with Gasteiger partial charge in [0.15, 0.2) is 0 Å². The van der Waals surface area contributed by atoms with Crippen LogP contribution in [0.4, 0.5) is 4.79 Å². The van der Waals surface area contributed by atoms with Crippen LogP contribution in [0, 0.1) is 0 Å². The molecule has 1 aromatic carbocycles. The average Bonchev–Trinajstić information content (AvgIpc) is 2.83. The Kier molecular flexibility index (Phi) is 9.32. The van der Waals surface area contributed by atoms with Crippen molar-refractivity contribution in [2.45, 2.75) is 61.0 Å². The van der Waals surface area contributed by atoms with Gasteiger partial charge in [0.05, 0.1) is 0 Å². The number of benzene rings is 1. The Bertz CT molecular complexity index is 1090. The molecule has 0 bridgehead atoms. The Balaban J connectivity index is 1.74. The third-order valence-corrected chi connectivity index (χ3v) is 7.65. The van der Waals surface area contributed by atoms with Gasteiger partial charge < -0.3 is 20.1 Å². The monoisotopic (exact) mass is 591 g/mol. The van der Waals surface area contributed by atoms with Crippen LogP contribution in [0.25, 0.3) is 0 Å².